The Morgan fingerprint density at radius 2 is 1.96 bits per heavy atom. The van der Waals surface area contributed by atoms with E-state index in [9.17, 15) is 14.9 Å². The summed E-state index contributed by atoms with van der Waals surface area (Å²) in [4.78, 5) is 31.9. The van der Waals surface area contributed by atoms with E-state index in [0.29, 0.717) is 6.54 Å². The molecule has 0 aliphatic rings. The van der Waals surface area contributed by atoms with Gasteiger partial charge in [0.25, 0.3) is 5.69 Å². The molecule has 7 nitrogen and oxygen atoms in total. The van der Waals surface area contributed by atoms with Crippen molar-refractivity contribution in [3.8, 4) is 11.3 Å². The quantitative estimate of drug-likeness (QED) is 0.367. The van der Waals surface area contributed by atoms with E-state index in [-0.39, 0.29) is 16.8 Å². The summed E-state index contributed by atoms with van der Waals surface area (Å²) in [5.74, 6) is -0.112. The summed E-state index contributed by atoms with van der Waals surface area (Å²) in [5, 5.41) is 16.0. The van der Waals surface area contributed by atoms with Crippen molar-refractivity contribution < 1.29 is 9.72 Å². The van der Waals surface area contributed by atoms with Crippen molar-refractivity contribution >= 4 is 34.7 Å². The number of nitrogens with zero attached hydrogens (tertiary/aromatic N) is 3. The van der Waals surface area contributed by atoms with Crippen molar-refractivity contribution in [2.24, 2.45) is 0 Å². The minimum atomic E-state index is -0.446. The zero-order valence-corrected chi connectivity index (χ0v) is 16.0. The van der Waals surface area contributed by atoms with Crippen LogP contribution in [-0.2, 0) is 11.3 Å². The number of hydrogen-bond donors (Lipinski definition) is 1. The molecule has 0 radical (unpaired) electrons. The van der Waals surface area contributed by atoms with E-state index in [2.05, 4.69) is 15.3 Å². The number of nitro benzene ring substituents is 1. The Labute approximate surface area is 164 Å². The molecule has 1 aromatic carbocycles. The number of benzene rings is 1. The van der Waals surface area contributed by atoms with Crippen LogP contribution < -0.4 is 5.32 Å². The van der Waals surface area contributed by atoms with Crippen molar-refractivity contribution in [2.45, 2.75) is 23.6 Å². The normalized spacial score (nSPS) is 11.7. The van der Waals surface area contributed by atoms with Crippen molar-refractivity contribution in [3.63, 3.8) is 0 Å². The van der Waals surface area contributed by atoms with Crippen LogP contribution in [0.5, 0.6) is 0 Å². The number of amides is 1. The monoisotopic (exact) mass is 400 g/mol. The zero-order chi connectivity index (χ0) is 19.2. The Hall–Kier alpha value is -2.78. The second-order valence-electron chi connectivity index (χ2n) is 5.59. The van der Waals surface area contributed by atoms with Crippen LogP contribution in [0.15, 0.2) is 59.1 Å². The summed E-state index contributed by atoms with van der Waals surface area (Å²) in [6.07, 6.45) is 3.43. The lowest BCUT2D eigenvalue weighted by molar-refractivity contribution is -0.384. The number of non-ortho nitro benzene ring substituents is 1. The lowest BCUT2D eigenvalue weighted by Crippen LogP contribution is -2.30. The first kappa shape index (κ1) is 19.0. The van der Waals surface area contributed by atoms with Gasteiger partial charge in [0.2, 0.25) is 5.91 Å². The van der Waals surface area contributed by atoms with Gasteiger partial charge in [-0.05, 0) is 31.2 Å². The number of rotatable bonds is 7. The van der Waals surface area contributed by atoms with Gasteiger partial charge in [-0.15, -0.1) is 23.1 Å². The molecule has 27 heavy (non-hydrogen) atoms. The smallest absolute Gasteiger partial charge is 0.269 e. The molecule has 0 fully saturated rings. The Morgan fingerprint density at radius 3 is 2.63 bits per heavy atom. The molecule has 0 bridgehead atoms. The predicted octanol–water partition coefficient (Wildman–Crippen LogP) is 3.91. The van der Waals surface area contributed by atoms with Crippen LogP contribution in [0.1, 0.15) is 11.9 Å². The molecule has 0 saturated carbocycles. The number of aromatic nitrogens is 2. The van der Waals surface area contributed by atoms with Gasteiger partial charge in [0, 0.05) is 40.4 Å². The molecule has 2 heterocycles. The summed E-state index contributed by atoms with van der Waals surface area (Å²) >= 11 is 2.84. The molecule has 1 amide bonds. The largest absolute Gasteiger partial charge is 0.349 e. The summed E-state index contributed by atoms with van der Waals surface area (Å²) < 4.78 is 0. The summed E-state index contributed by atoms with van der Waals surface area (Å²) in [6, 6.07) is 9.94. The molecular weight excluding hydrogens is 384 g/mol. The van der Waals surface area contributed by atoms with E-state index in [0.717, 1.165) is 21.2 Å². The van der Waals surface area contributed by atoms with Gasteiger partial charge < -0.3 is 5.32 Å². The lowest BCUT2D eigenvalue weighted by Gasteiger charge is -2.11. The molecule has 2 aromatic heterocycles. The number of carbonyl (C=O) groups is 1. The van der Waals surface area contributed by atoms with Gasteiger partial charge in [0.05, 0.1) is 22.4 Å². The summed E-state index contributed by atoms with van der Waals surface area (Å²) in [7, 11) is 0. The van der Waals surface area contributed by atoms with Crippen molar-refractivity contribution in [2.75, 3.05) is 0 Å². The third-order valence-electron chi connectivity index (χ3n) is 3.67. The third kappa shape index (κ3) is 5.11. The molecule has 138 valence electrons. The SMILES string of the molecule is CC(Sc1ccc([N+](=O)[O-])cc1)C(=O)NCc1nc(-c2ccncc2)cs1. The topological polar surface area (TPSA) is 98.0 Å². The highest BCUT2D eigenvalue weighted by Gasteiger charge is 2.15. The molecule has 1 unspecified atom stereocenters. The molecule has 3 aromatic rings. The summed E-state index contributed by atoms with van der Waals surface area (Å²) in [5.41, 5.74) is 1.88. The number of pyridine rings is 1. The maximum atomic E-state index is 12.3. The second kappa shape index (κ2) is 8.74. The Balaban J connectivity index is 1.53. The number of thioether (sulfide) groups is 1. The van der Waals surface area contributed by atoms with Crippen molar-refractivity contribution in [3.05, 3.63) is 69.3 Å². The Bertz CT molecular complexity index is 929. The predicted molar refractivity (Wildman–Crippen MR) is 106 cm³/mol. The van der Waals surface area contributed by atoms with E-state index < -0.39 is 4.92 Å². The van der Waals surface area contributed by atoms with Gasteiger partial charge in [-0.2, -0.15) is 0 Å². The van der Waals surface area contributed by atoms with Gasteiger partial charge >= 0.3 is 0 Å². The second-order valence-corrected chi connectivity index (χ2v) is 7.95. The first-order valence-electron chi connectivity index (χ1n) is 8.06. The minimum absolute atomic E-state index is 0.0326. The van der Waals surface area contributed by atoms with Crippen LogP contribution >= 0.6 is 23.1 Å². The van der Waals surface area contributed by atoms with Gasteiger partial charge in [-0.3, -0.25) is 19.9 Å². The number of nitrogens with one attached hydrogen (secondary N) is 1. The molecule has 1 atom stereocenters. The molecule has 0 aliphatic heterocycles. The number of carbonyl (C=O) groups excluding carboxylic acids is 1. The van der Waals surface area contributed by atoms with Crippen LogP contribution in [0.25, 0.3) is 11.3 Å². The van der Waals surface area contributed by atoms with Crippen molar-refractivity contribution in [1.29, 1.82) is 0 Å². The Kier molecular flexibility index (Phi) is 6.15. The fourth-order valence-electron chi connectivity index (χ4n) is 2.26. The average molecular weight is 400 g/mol. The molecule has 0 spiro atoms. The van der Waals surface area contributed by atoms with E-state index in [1.54, 1.807) is 31.5 Å². The number of nitro groups is 1. The van der Waals surface area contributed by atoms with E-state index in [4.69, 9.17) is 0 Å². The third-order valence-corrected chi connectivity index (χ3v) is 5.63. The molecule has 0 saturated heterocycles. The maximum Gasteiger partial charge on any atom is 0.269 e. The molecule has 9 heteroatoms. The van der Waals surface area contributed by atoms with Gasteiger partial charge in [-0.25, -0.2) is 4.98 Å². The minimum Gasteiger partial charge on any atom is -0.349 e. The number of hydrogen-bond acceptors (Lipinski definition) is 7. The molecular formula is C18H16N4O3S2. The van der Waals surface area contributed by atoms with Gasteiger partial charge in [-0.1, -0.05) is 0 Å². The highest BCUT2D eigenvalue weighted by Crippen LogP contribution is 2.26. The van der Waals surface area contributed by atoms with E-state index in [1.165, 1.54) is 35.2 Å². The maximum absolute atomic E-state index is 12.3. The van der Waals surface area contributed by atoms with Gasteiger partial charge in [0.1, 0.15) is 5.01 Å². The molecule has 3 rings (SSSR count). The van der Waals surface area contributed by atoms with Crippen LogP contribution in [0.2, 0.25) is 0 Å². The Morgan fingerprint density at radius 1 is 1.26 bits per heavy atom. The summed E-state index contributed by atoms with van der Waals surface area (Å²) in [6.45, 7) is 2.16. The highest BCUT2D eigenvalue weighted by atomic mass is 32.2. The van der Waals surface area contributed by atoms with Gasteiger partial charge in [0.15, 0.2) is 0 Å². The lowest BCUT2D eigenvalue weighted by atomic mass is 10.2. The van der Waals surface area contributed by atoms with Crippen molar-refractivity contribution in [1.82, 2.24) is 15.3 Å². The van der Waals surface area contributed by atoms with Crippen LogP contribution in [0, 0.1) is 10.1 Å². The standard InChI is InChI=1S/C18H16N4O3S2/c1-12(27-15-4-2-14(3-5-15)22(24)25)18(23)20-10-17-21-16(11-26-17)13-6-8-19-9-7-13/h2-9,11-12H,10H2,1H3,(H,20,23). The van der Waals surface area contributed by atoms with E-state index in [1.807, 2.05) is 17.5 Å². The zero-order valence-electron chi connectivity index (χ0n) is 14.4. The van der Waals surface area contributed by atoms with E-state index >= 15 is 0 Å². The fourth-order valence-corrected chi connectivity index (χ4v) is 3.89. The average Bonchev–Trinajstić information content (AvgIpc) is 3.16. The fraction of sp³-hybridized carbons (Fsp3) is 0.167. The highest BCUT2D eigenvalue weighted by molar-refractivity contribution is 8.00. The van der Waals surface area contributed by atoms with Crippen LogP contribution in [0.4, 0.5) is 5.69 Å². The molecule has 1 N–H and O–H groups in total. The first-order chi connectivity index (χ1) is 13.0. The first-order valence-corrected chi connectivity index (χ1v) is 9.82. The molecule has 0 aliphatic carbocycles. The van der Waals surface area contributed by atoms with Crippen LogP contribution in [0.3, 0.4) is 0 Å². The number of thiazole rings is 1. The van der Waals surface area contributed by atoms with Crippen LogP contribution in [-0.4, -0.2) is 26.0 Å².